The maximum absolute atomic E-state index is 13.5. The Kier molecular flexibility index (Phi) is 6.67. The summed E-state index contributed by atoms with van der Waals surface area (Å²) in [4.78, 5) is 20.9. The molecule has 1 aliphatic heterocycles. The van der Waals surface area contributed by atoms with Crippen LogP contribution in [0.1, 0.15) is 24.4 Å². The second-order valence-electron chi connectivity index (χ2n) is 8.87. The van der Waals surface area contributed by atoms with Crippen LogP contribution in [0.5, 0.6) is 0 Å². The van der Waals surface area contributed by atoms with Crippen molar-refractivity contribution in [3.05, 3.63) is 66.0 Å². The fraction of sp³-hybridized carbons (Fsp3) is 0.250. The zero-order chi connectivity index (χ0) is 27.0. The molecule has 14 heteroatoms. The summed E-state index contributed by atoms with van der Waals surface area (Å²) in [6, 6.07) is 9.01. The lowest BCUT2D eigenvalue weighted by atomic mass is 10.1. The third-order valence-corrected chi connectivity index (χ3v) is 7.83. The monoisotopic (exact) mass is 543 g/mol. The van der Waals surface area contributed by atoms with Crippen molar-refractivity contribution in [2.45, 2.75) is 30.3 Å². The predicted molar refractivity (Wildman–Crippen MR) is 133 cm³/mol. The number of nitrogens with two attached hydrogens (primary N) is 1. The van der Waals surface area contributed by atoms with Crippen LogP contribution >= 0.6 is 0 Å². The highest BCUT2D eigenvalue weighted by Gasteiger charge is 2.28. The average Bonchev–Trinajstić information content (AvgIpc) is 3.30. The highest BCUT2D eigenvalue weighted by atomic mass is 32.2. The minimum absolute atomic E-state index is 0.0882. The van der Waals surface area contributed by atoms with Crippen LogP contribution in [-0.2, 0) is 16.6 Å². The van der Waals surface area contributed by atoms with E-state index in [-0.39, 0.29) is 29.8 Å². The molecule has 1 fully saturated rings. The number of hydrogen-bond acceptors (Lipinski definition) is 7. The van der Waals surface area contributed by atoms with Crippen molar-refractivity contribution in [3.63, 3.8) is 0 Å². The van der Waals surface area contributed by atoms with Crippen LogP contribution in [0, 0.1) is 11.6 Å². The second-order valence-corrected chi connectivity index (χ2v) is 10.6. The van der Waals surface area contributed by atoms with Crippen molar-refractivity contribution < 1.29 is 27.1 Å². The Balaban J connectivity index is 1.40. The number of likely N-dealkylation sites (tertiary alicyclic amines) is 1. The fourth-order valence-electron chi connectivity index (χ4n) is 4.47. The van der Waals surface area contributed by atoms with Crippen molar-refractivity contribution in [2.24, 2.45) is 0 Å². The Morgan fingerprint density at radius 1 is 1.13 bits per heavy atom. The summed E-state index contributed by atoms with van der Waals surface area (Å²) in [6.07, 6.45) is 1.75. The molecule has 4 N–H and O–H groups in total. The van der Waals surface area contributed by atoms with Crippen LogP contribution in [0.15, 0.2) is 53.7 Å². The number of hydrogen-bond donors (Lipinski definition) is 3. The molecule has 0 aliphatic carbocycles. The molecule has 11 nitrogen and oxygen atoms in total. The lowest BCUT2D eigenvalue weighted by Gasteiger charge is -2.30. The largest absolute Gasteiger partial charge is 0.465 e. The number of halogens is 2. The summed E-state index contributed by atoms with van der Waals surface area (Å²) in [5, 5.41) is 14.7. The Labute approximate surface area is 216 Å². The van der Waals surface area contributed by atoms with E-state index in [2.05, 4.69) is 14.7 Å². The molecule has 38 heavy (non-hydrogen) atoms. The number of anilines is 1. The summed E-state index contributed by atoms with van der Waals surface area (Å²) in [6.45, 7) is 0.637. The van der Waals surface area contributed by atoms with Gasteiger partial charge in [0.15, 0.2) is 17.3 Å². The van der Waals surface area contributed by atoms with Crippen molar-refractivity contribution in [3.8, 4) is 11.3 Å². The molecule has 1 atom stereocenters. The molecule has 0 saturated carbocycles. The molecular formula is C24H23F2N7O4S. The van der Waals surface area contributed by atoms with Gasteiger partial charge >= 0.3 is 6.09 Å². The van der Waals surface area contributed by atoms with E-state index in [1.807, 2.05) is 0 Å². The van der Waals surface area contributed by atoms with Crippen LogP contribution in [0.3, 0.4) is 0 Å². The molecule has 1 aliphatic rings. The van der Waals surface area contributed by atoms with Gasteiger partial charge in [-0.05, 0) is 36.6 Å². The van der Waals surface area contributed by atoms with Gasteiger partial charge in [-0.3, -0.25) is 0 Å². The molecule has 5 rings (SSSR count). The van der Waals surface area contributed by atoms with E-state index in [1.165, 1.54) is 11.2 Å². The third-order valence-electron chi connectivity index (χ3n) is 6.43. The molecule has 0 radical (unpaired) electrons. The number of amides is 1. The van der Waals surface area contributed by atoms with Gasteiger partial charge in [0.05, 0.1) is 16.3 Å². The molecule has 0 bridgehead atoms. The van der Waals surface area contributed by atoms with E-state index in [0.717, 1.165) is 18.6 Å². The first-order valence-electron chi connectivity index (χ1n) is 11.6. The number of fused-ring (bicyclic) bond motifs is 1. The third kappa shape index (κ3) is 4.87. The number of piperidine rings is 1. The molecule has 2 aromatic carbocycles. The number of carboxylic acid groups (broad SMARTS) is 1. The number of nitrogens with one attached hydrogen (secondary N) is 1. The minimum atomic E-state index is -4.07. The molecule has 0 spiro atoms. The van der Waals surface area contributed by atoms with Gasteiger partial charge in [0.2, 0.25) is 10.0 Å². The van der Waals surface area contributed by atoms with Gasteiger partial charge in [0.1, 0.15) is 17.8 Å². The first kappa shape index (κ1) is 25.5. The van der Waals surface area contributed by atoms with E-state index in [9.17, 15) is 27.1 Å². The second kappa shape index (κ2) is 9.95. The zero-order valence-corrected chi connectivity index (χ0v) is 20.7. The van der Waals surface area contributed by atoms with Gasteiger partial charge in [-0.25, -0.2) is 41.4 Å². The smallest absolute Gasteiger partial charge is 0.407 e. The Morgan fingerprint density at radius 2 is 1.89 bits per heavy atom. The first-order valence-corrected chi connectivity index (χ1v) is 13.1. The van der Waals surface area contributed by atoms with Crippen LogP contribution in [0.2, 0.25) is 0 Å². The van der Waals surface area contributed by atoms with Gasteiger partial charge in [-0.1, -0.05) is 24.3 Å². The number of aromatic nitrogens is 4. The number of nitrogens with zero attached hydrogens (tertiary/aromatic N) is 5. The van der Waals surface area contributed by atoms with Gasteiger partial charge < -0.3 is 15.7 Å². The van der Waals surface area contributed by atoms with Crippen LogP contribution in [0.25, 0.3) is 22.3 Å². The van der Waals surface area contributed by atoms with Crippen molar-refractivity contribution in [1.29, 1.82) is 0 Å². The number of carbonyl (C=O) groups is 1. The molecule has 1 amide bonds. The highest BCUT2D eigenvalue weighted by molar-refractivity contribution is 7.89. The molecule has 0 unspecified atom stereocenters. The van der Waals surface area contributed by atoms with E-state index in [0.29, 0.717) is 46.9 Å². The molecule has 2 aromatic heterocycles. The Bertz CT molecular complexity index is 1630. The predicted octanol–water partition coefficient (Wildman–Crippen LogP) is 3.15. The quantitative estimate of drug-likeness (QED) is 0.335. The van der Waals surface area contributed by atoms with Crippen LogP contribution in [0.4, 0.5) is 19.4 Å². The maximum Gasteiger partial charge on any atom is 0.407 e. The summed E-state index contributed by atoms with van der Waals surface area (Å²) in [7, 11) is -4.07. The van der Waals surface area contributed by atoms with E-state index >= 15 is 0 Å². The fourth-order valence-corrected chi connectivity index (χ4v) is 5.50. The molecule has 198 valence electrons. The Hall–Kier alpha value is -4.17. The summed E-state index contributed by atoms with van der Waals surface area (Å²) < 4.78 is 55.6. The van der Waals surface area contributed by atoms with Gasteiger partial charge in [-0.2, -0.15) is 5.10 Å². The average molecular weight is 544 g/mol. The summed E-state index contributed by atoms with van der Waals surface area (Å²) in [5.74, 6) is -2.16. The Morgan fingerprint density at radius 3 is 2.61 bits per heavy atom. The van der Waals surface area contributed by atoms with Crippen molar-refractivity contribution in [2.75, 3.05) is 18.8 Å². The molecule has 3 heterocycles. The summed E-state index contributed by atoms with van der Waals surface area (Å²) in [5.41, 5.74) is 8.47. The topological polar surface area (TPSA) is 156 Å². The number of nitrogen functional groups attached to an aromatic ring is 1. The van der Waals surface area contributed by atoms with Crippen molar-refractivity contribution in [1.82, 2.24) is 29.4 Å². The van der Waals surface area contributed by atoms with Crippen LogP contribution in [-0.4, -0.2) is 57.4 Å². The van der Waals surface area contributed by atoms with Crippen molar-refractivity contribution >= 4 is 33.0 Å². The number of sulfonamides is 1. The van der Waals surface area contributed by atoms with E-state index < -0.39 is 27.8 Å². The zero-order valence-electron chi connectivity index (χ0n) is 19.9. The summed E-state index contributed by atoms with van der Waals surface area (Å²) >= 11 is 0. The maximum atomic E-state index is 13.5. The highest BCUT2D eigenvalue weighted by Crippen LogP contribution is 2.33. The van der Waals surface area contributed by atoms with Crippen LogP contribution < -0.4 is 10.5 Å². The standard InChI is InChI=1S/C24H23F2N7O4S/c25-18-8-7-17(10-19(18)26)38(36,37)30-11-14-3-5-15(6-4-14)21-20-22(27)28-13-29-23(20)33(31-21)16-2-1-9-32(12-16)24(34)35/h3-8,10,13,16,30H,1-2,9,11-12H2,(H,34,35)(H2,27,28,29)/t16-/m1/s1. The number of benzene rings is 2. The molecule has 1 saturated heterocycles. The molecular weight excluding hydrogens is 520 g/mol. The van der Waals surface area contributed by atoms with E-state index in [4.69, 9.17) is 10.8 Å². The lowest BCUT2D eigenvalue weighted by molar-refractivity contribution is 0.120. The SMILES string of the molecule is Nc1ncnc2c1c(-c1ccc(CNS(=O)(=O)c3ccc(F)c(F)c3)cc1)nn2[C@@H]1CCCN(C(=O)O)C1. The van der Waals surface area contributed by atoms with Gasteiger partial charge in [0.25, 0.3) is 0 Å². The number of rotatable bonds is 6. The van der Waals surface area contributed by atoms with Gasteiger partial charge in [0, 0.05) is 25.2 Å². The lowest BCUT2D eigenvalue weighted by Crippen LogP contribution is -2.40. The normalized spacial score (nSPS) is 16.2. The first-order chi connectivity index (χ1) is 18.1. The minimum Gasteiger partial charge on any atom is -0.465 e. The van der Waals surface area contributed by atoms with Gasteiger partial charge in [-0.15, -0.1) is 0 Å². The van der Waals surface area contributed by atoms with E-state index in [1.54, 1.807) is 28.9 Å². The molecule has 4 aromatic rings.